The van der Waals surface area contributed by atoms with E-state index in [2.05, 4.69) is 64.2 Å². The second-order valence-corrected chi connectivity index (χ2v) is 7.04. The van der Waals surface area contributed by atoms with Crippen molar-refractivity contribution in [2.75, 3.05) is 13.1 Å². The van der Waals surface area contributed by atoms with Gasteiger partial charge in [0, 0.05) is 30.8 Å². The molecule has 0 bridgehead atoms. The molecule has 3 nitrogen and oxygen atoms in total. The Labute approximate surface area is 124 Å². The Morgan fingerprint density at radius 1 is 1.40 bits per heavy atom. The molecule has 0 fully saturated rings. The fraction of sp³-hybridized carbons (Fsp3) is 0.706. The summed E-state index contributed by atoms with van der Waals surface area (Å²) < 4.78 is 1.92. The van der Waals surface area contributed by atoms with Crippen molar-refractivity contribution < 1.29 is 0 Å². The topological polar surface area (TPSA) is 29.9 Å². The van der Waals surface area contributed by atoms with Gasteiger partial charge in [0.15, 0.2) is 0 Å². The first-order valence-corrected chi connectivity index (χ1v) is 7.68. The molecule has 1 heterocycles. The van der Waals surface area contributed by atoms with Gasteiger partial charge in [0.05, 0.1) is 5.69 Å². The molecule has 20 heavy (non-hydrogen) atoms. The zero-order chi connectivity index (χ0) is 15.3. The molecular formula is C17H31N3. The second kappa shape index (κ2) is 7.07. The molecule has 0 radical (unpaired) electrons. The zero-order valence-electron chi connectivity index (χ0n) is 14.2. The Balaban J connectivity index is 2.90. The van der Waals surface area contributed by atoms with Crippen molar-refractivity contribution in [1.29, 1.82) is 0 Å². The molecule has 0 unspecified atom stereocenters. The van der Waals surface area contributed by atoms with Gasteiger partial charge in [-0.1, -0.05) is 53.2 Å². The Hall–Kier alpha value is -1.09. The van der Waals surface area contributed by atoms with E-state index in [4.69, 9.17) is 0 Å². The standard InChI is InChI=1S/C17H31N3/c1-8-14(11-18-10-13(2)3)9-15-12-20(7)19-16(15)17(4,5)6/h9,12-13,18H,8,10-11H2,1-7H3. The Bertz CT molecular complexity index is 447. The lowest BCUT2D eigenvalue weighted by atomic mass is 9.89. The molecule has 0 aliphatic heterocycles. The highest BCUT2D eigenvalue weighted by Gasteiger charge is 2.20. The maximum absolute atomic E-state index is 4.63. The molecule has 1 rings (SSSR count). The van der Waals surface area contributed by atoms with Crippen molar-refractivity contribution in [2.45, 2.75) is 53.4 Å². The number of rotatable bonds is 6. The summed E-state index contributed by atoms with van der Waals surface area (Å²) in [6.45, 7) is 15.4. The fourth-order valence-electron chi connectivity index (χ4n) is 2.21. The molecule has 0 spiro atoms. The predicted octanol–water partition coefficient (Wildman–Crippen LogP) is 3.76. The highest BCUT2D eigenvalue weighted by molar-refractivity contribution is 5.56. The van der Waals surface area contributed by atoms with Gasteiger partial charge < -0.3 is 5.32 Å². The third-order valence-corrected chi connectivity index (χ3v) is 3.29. The summed E-state index contributed by atoms with van der Waals surface area (Å²) in [5, 5.41) is 8.16. The van der Waals surface area contributed by atoms with Crippen molar-refractivity contribution in [3.8, 4) is 0 Å². The van der Waals surface area contributed by atoms with Gasteiger partial charge in [0.25, 0.3) is 0 Å². The van der Waals surface area contributed by atoms with Crippen molar-refractivity contribution >= 4 is 6.08 Å². The van der Waals surface area contributed by atoms with Crippen molar-refractivity contribution in [3.63, 3.8) is 0 Å². The van der Waals surface area contributed by atoms with Crippen LogP contribution in [0, 0.1) is 5.92 Å². The molecule has 114 valence electrons. The average Bonchev–Trinajstić information content (AvgIpc) is 2.68. The maximum atomic E-state index is 4.63. The third kappa shape index (κ3) is 5.12. The van der Waals surface area contributed by atoms with E-state index in [1.54, 1.807) is 0 Å². The molecule has 0 aromatic carbocycles. The van der Waals surface area contributed by atoms with E-state index >= 15 is 0 Å². The van der Waals surface area contributed by atoms with Gasteiger partial charge in [0.2, 0.25) is 0 Å². The van der Waals surface area contributed by atoms with E-state index in [0.717, 1.165) is 19.5 Å². The van der Waals surface area contributed by atoms with Crippen LogP contribution in [0.25, 0.3) is 6.08 Å². The Morgan fingerprint density at radius 2 is 2.05 bits per heavy atom. The lowest BCUT2D eigenvalue weighted by molar-refractivity contribution is 0.552. The van der Waals surface area contributed by atoms with Crippen molar-refractivity contribution in [1.82, 2.24) is 15.1 Å². The van der Waals surface area contributed by atoms with E-state index in [-0.39, 0.29) is 5.41 Å². The highest BCUT2D eigenvalue weighted by atomic mass is 15.3. The number of aromatic nitrogens is 2. The third-order valence-electron chi connectivity index (χ3n) is 3.29. The Morgan fingerprint density at radius 3 is 2.55 bits per heavy atom. The molecule has 1 N–H and O–H groups in total. The first-order valence-electron chi connectivity index (χ1n) is 7.68. The van der Waals surface area contributed by atoms with Crippen LogP contribution in [0.15, 0.2) is 11.8 Å². The molecule has 0 atom stereocenters. The van der Waals surface area contributed by atoms with Crippen LogP contribution in [-0.2, 0) is 12.5 Å². The summed E-state index contributed by atoms with van der Waals surface area (Å²) in [4.78, 5) is 0. The van der Waals surface area contributed by atoms with Gasteiger partial charge in [-0.3, -0.25) is 4.68 Å². The fourth-order valence-corrected chi connectivity index (χ4v) is 2.21. The lowest BCUT2D eigenvalue weighted by Gasteiger charge is -2.17. The molecule has 0 saturated carbocycles. The van der Waals surface area contributed by atoms with Crippen molar-refractivity contribution in [3.05, 3.63) is 23.0 Å². The summed E-state index contributed by atoms with van der Waals surface area (Å²) in [5.74, 6) is 0.691. The van der Waals surface area contributed by atoms with Crippen LogP contribution in [-0.4, -0.2) is 22.9 Å². The SMILES string of the molecule is CCC(=Cc1cn(C)nc1C(C)(C)C)CNCC(C)C. The first kappa shape index (κ1) is 17.0. The van der Waals surface area contributed by atoms with Crippen LogP contribution in [0.4, 0.5) is 0 Å². The minimum Gasteiger partial charge on any atom is -0.313 e. The normalized spacial score (nSPS) is 13.3. The van der Waals surface area contributed by atoms with Crippen LogP contribution < -0.4 is 5.32 Å². The molecule has 0 aliphatic carbocycles. The van der Waals surface area contributed by atoms with E-state index in [1.165, 1.54) is 16.8 Å². The van der Waals surface area contributed by atoms with Crippen LogP contribution in [0.5, 0.6) is 0 Å². The Kier molecular flexibility index (Phi) is 6.00. The number of aryl methyl sites for hydroxylation is 1. The minimum absolute atomic E-state index is 0.0807. The summed E-state index contributed by atoms with van der Waals surface area (Å²) in [7, 11) is 2.00. The zero-order valence-corrected chi connectivity index (χ0v) is 14.2. The molecular weight excluding hydrogens is 246 g/mol. The molecule has 0 aliphatic rings. The summed E-state index contributed by atoms with van der Waals surface area (Å²) >= 11 is 0. The molecule has 0 amide bonds. The number of nitrogens with one attached hydrogen (secondary N) is 1. The molecule has 3 heteroatoms. The van der Waals surface area contributed by atoms with Gasteiger partial charge in [-0.15, -0.1) is 0 Å². The van der Waals surface area contributed by atoms with Crippen LogP contribution in [0.2, 0.25) is 0 Å². The number of nitrogens with zero attached hydrogens (tertiary/aromatic N) is 2. The van der Waals surface area contributed by atoms with Crippen LogP contribution >= 0.6 is 0 Å². The van der Waals surface area contributed by atoms with E-state index in [1.807, 2.05) is 11.7 Å². The van der Waals surface area contributed by atoms with E-state index in [9.17, 15) is 0 Å². The van der Waals surface area contributed by atoms with Gasteiger partial charge in [-0.25, -0.2) is 0 Å². The van der Waals surface area contributed by atoms with Crippen molar-refractivity contribution in [2.24, 2.45) is 13.0 Å². The summed E-state index contributed by atoms with van der Waals surface area (Å²) in [5.41, 5.74) is 3.94. The van der Waals surface area contributed by atoms with Gasteiger partial charge in [0.1, 0.15) is 0 Å². The average molecular weight is 277 g/mol. The summed E-state index contributed by atoms with van der Waals surface area (Å²) in [6.07, 6.45) is 5.50. The number of hydrogen-bond acceptors (Lipinski definition) is 2. The molecule has 1 aromatic rings. The molecule has 1 aromatic heterocycles. The maximum Gasteiger partial charge on any atom is 0.0750 e. The van der Waals surface area contributed by atoms with Crippen LogP contribution in [0.1, 0.15) is 59.2 Å². The van der Waals surface area contributed by atoms with Crippen LogP contribution in [0.3, 0.4) is 0 Å². The summed E-state index contributed by atoms with van der Waals surface area (Å²) in [6, 6.07) is 0. The smallest absolute Gasteiger partial charge is 0.0750 e. The minimum atomic E-state index is 0.0807. The van der Waals surface area contributed by atoms with Gasteiger partial charge >= 0.3 is 0 Å². The highest BCUT2D eigenvalue weighted by Crippen LogP contribution is 2.26. The molecule has 0 saturated heterocycles. The van der Waals surface area contributed by atoms with Gasteiger partial charge in [-0.05, 0) is 18.9 Å². The van der Waals surface area contributed by atoms with Gasteiger partial charge in [-0.2, -0.15) is 5.10 Å². The van der Waals surface area contributed by atoms with E-state index < -0.39 is 0 Å². The first-order chi connectivity index (χ1) is 9.24. The monoisotopic (exact) mass is 277 g/mol. The number of hydrogen-bond donors (Lipinski definition) is 1. The quantitative estimate of drug-likeness (QED) is 0.858. The lowest BCUT2D eigenvalue weighted by Crippen LogP contribution is -2.22. The largest absolute Gasteiger partial charge is 0.313 e. The van der Waals surface area contributed by atoms with E-state index in [0.29, 0.717) is 5.92 Å². The second-order valence-electron chi connectivity index (χ2n) is 7.04. The predicted molar refractivity (Wildman–Crippen MR) is 87.9 cm³/mol.